The molecule has 1 rings (SSSR count). The Kier molecular flexibility index (Phi) is 3.58. The molecule has 2 atom stereocenters. The Bertz CT molecular complexity index is 213. The summed E-state index contributed by atoms with van der Waals surface area (Å²) in [5, 5.41) is 0. The van der Waals surface area contributed by atoms with Crippen LogP contribution in [0, 0.1) is 5.92 Å². The summed E-state index contributed by atoms with van der Waals surface area (Å²) in [6.07, 6.45) is -9.57. The molecule has 0 aliphatic heterocycles. The van der Waals surface area contributed by atoms with Gasteiger partial charge in [-0.2, -0.15) is 22.0 Å². The van der Waals surface area contributed by atoms with E-state index in [4.69, 9.17) is 0 Å². The van der Waals surface area contributed by atoms with Gasteiger partial charge in [-0.3, -0.25) is 0 Å². The average molecular weight is 232 g/mol. The maximum atomic E-state index is 12.5. The summed E-state index contributed by atoms with van der Waals surface area (Å²) in [5.41, 5.74) is 0. The molecule has 6 heteroatoms. The van der Waals surface area contributed by atoms with E-state index in [2.05, 4.69) is 4.74 Å². The predicted octanol–water partition coefficient (Wildman–Crippen LogP) is 3.74. The van der Waals surface area contributed by atoms with Gasteiger partial charge in [-0.25, -0.2) is 0 Å². The summed E-state index contributed by atoms with van der Waals surface area (Å²) in [6, 6.07) is 0. The molecule has 0 heterocycles. The quantitative estimate of drug-likeness (QED) is 0.673. The number of ether oxygens (including phenoxy) is 1. The topological polar surface area (TPSA) is 9.23 Å². The largest absolute Gasteiger partial charge is 0.482 e. The van der Waals surface area contributed by atoms with E-state index < -0.39 is 18.4 Å². The van der Waals surface area contributed by atoms with Crippen LogP contribution in [0.15, 0.2) is 0 Å². The zero-order valence-electron chi connectivity index (χ0n) is 8.28. The van der Waals surface area contributed by atoms with Crippen LogP contribution in [0.25, 0.3) is 0 Å². The lowest BCUT2D eigenvalue weighted by Gasteiger charge is -2.23. The van der Waals surface area contributed by atoms with E-state index in [1.165, 1.54) is 0 Å². The highest BCUT2D eigenvalue weighted by molar-refractivity contribution is 4.78. The van der Waals surface area contributed by atoms with Gasteiger partial charge in [0.2, 0.25) is 0 Å². The first-order valence-electron chi connectivity index (χ1n) is 4.88. The van der Waals surface area contributed by atoms with Gasteiger partial charge in [0.05, 0.1) is 6.10 Å². The molecule has 0 radical (unpaired) electrons. The van der Waals surface area contributed by atoms with Gasteiger partial charge in [0, 0.05) is 0 Å². The average Bonchev–Trinajstić information content (AvgIpc) is 2.49. The molecule has 2 unspecified atom stereocenters. The van der Waals surface area contributed by atoms with Crippen molar-refractivity contribution in [2.24, 2.45) is 5.92 Å². The summed E-state index contributed by atoms with van der Waals surface area (Å²) in [4.78, 5) is 0. The maximum absolute atomic E-state index is 12.5. The molecule has 0 aromatic heterocycles. The standard InChI is InChI=1S/C9H13F5O/c1-2-6-3-4-7(5-6)15-9(13,14)8(10,11)12/h6-7H,2-5H2,1H3. The molecule has 0 aromatic carbocycles. The van der Waals surface area contributed by atoms with Gasteiger partial charge < -0.3 is 4.74 Å². The van der Waals surface area contributed by atoms with E-state index in [0.29, 0.717) is 12.8 Å². The van der Waals surface area contributed by atoms with Crippen molar-refractivity contribution in [3.8, 4) is 0 Å². The number of hydrogen-bond acceptors (Lipinski definition) is 1. The van der Waals surface area contributed by atoms with E-state index in [0.717, 1.165) is 6.42 Å². The van der Waals surface area contributed by atoms with Crippen LogP contribution in [0.4, 0.5) is 22.0 Å². The minimum atomic E-state index is -5.61. The molecular formula is C9H13F5O. The van der Waals surface area contributed by atoms with Crippen LogP contribution in [0.2, 0.25) is 0 Å². The third-order valence-corrected chi connectivity index (χ3v) is 2.72. The van der Waals surface area contributed by atoms with Gasteiger partial charge in [-0.1, -0.05) is 13.3 Å². The van der Waals surface area contributed by atoms with Crippen molar-refractivity contribution in [3.63, 3.8) is 0 Å². The van der Waals surface area contributed by atoms with Crippen LogP contribution in [0.5, 0.6) is 0 Å². The van der Waals surface area contributed by atoms with Crippen molar-refractivity contribution in [2.75, 3.05) is 0 Å². The maximum Gasteiger partial charge on any atom is 0.482 e. The van der Waals surface area contributed by atoms with Gasteiger partial charge in [0.25, 0.3) is 0 Å². The second kappa shape index (κ2) is 4.23. The molecule has 0 bridgehead atoms. The van der Waals surface area contributed by atoms with E-state index in [1.807, 2.05) is 6.92 Å². The summed E-state index contributed by atoms with van der Waals surface area (Å²) >= 11 is 0. The van der Waals surface area contributed by atoms with Gasteiger partial charge >= 0.3 is 12.3 Å². The van der Waals surface area contributed by atoms with Crippen LogP contribution < -0.4 is 0 Å². The highest BCUT2D eigenvalue weighted by Gasteiger charge is 2.60. The molecule has 1 saturated carbocycles. The summed E-state index contributed by atoms with van der Waals surface area (Å²) in [7, 11) is 0. The normalized spacial score (nSPS) is 28.4. The summed E-state index contributed by atoms with van der Waals surface area (Å²) in [5.74, 6) is 0.207. The van der Waals surface area contributed by atoms with Crippen molar-refractivity contribution in [2.45, 2.75) is 51.0 Å². The van der Waals surface area contributed by atoms with Crippen molar-refractivity contribution in [1.82, 2.24) is 0 Å². The van der Waals surface area contributed by atoms with E-state index in [9.17, 15) is 22.0 Å². The van der Waals surface area contributed by atoms with Crippen LogP contribution in [-0.4, -0.2) is 18.4 Å². The Hall–Kier alpha value is -0.390. The van der Waals surface area contributed by atoms with Crippen molar-refractivity contribution in [3.05, 3.63) is 0 Å². The number of halogens is 5. The molecule has 0 saturated heterocycles. The summed E-state index contributed by atoms with van der Waals surface area (Å²) < 4.78 is 64.1. The minimum absolute atomic E-state index is 0.207. The number of rotatable bonds is 3. The molecule has 1 nitrogen and oxygen atoms in total. The fourth-order valence-corrected chi connectivity index (χ4v) is 1.78. The molecule has 15 heavy (non-hydrogen) atoms. The third-order valence-electron chi connectivity index (χ3n) is 2.72. The first-order valence-corrected chi connectivity index (χ1v) is 4.88. The minimum Gasteiger partial charge on any atom is -0.310 e. The third kappa shape index (κ3) is 3.03. The first kappa shape index (κ1) is 12.7. The highest BCUT2D eigenvalue weighted by atomic mass is 19.4. The van der Waals surface area contributed by atoms with E-state index >= 15 is 0 Å². The van der Waals surface area contributed by atoms with Gasteiger partial charge in [0.15, 0.2) is 0 Å². The van der Waals surface area contributed by atoms with Gasteiger partial charge in [0.1, 0.15) is 0 Å². The van der Waals surface area contributed by atoms with Crippen LogP contribution in [0.1, 0.15) is 32.6 Å². The van der Waals surface area contributed by atoms with Crippen LogP contribution in [-0.2, 0) is 4.74 Å². The lowest BCUT2D eigenvalue weighted by molar-refractivity contribution is -0.401. The monoisotopic (exact) mass is 232 g/mol. The summed E-state index contributed by atoms with van der Waals surface area (Å²) in [6.45, 7) is 1.88. The second-order valence-corrected chi connectivity index (χ2v) is 3.84. The SMILES string of the molecule is CCC1CCC(OC(F)(F)C(F)(F)F)C1. The molecule has 0 N–H and O–H groups in total. The zero-order valence-corrected chi connectivity index (χ0v) is 8.28. The Morgan fingerprint density at radius 3 is 2.13 bits per heavy atom. The van der Waals surface area contributed by atoms with Gasteiger partial charge in [-0.05, 0) is 25.2 Å². The van der Waals surface area contributed by atoms with Crippen LogP contribution in [0.3, 0.4) is 0 Å². The van der Waals surface area contributed by atoms with Crippen molar-refractivity contribution >= 4 is 0 Å². The van der Waals surface area contributed by atoms with Gasteiger partial charge in [-0.15, -0.1) is 0 Å². The lowest BCUT2D eigenvalue weighted by atomic mass is 10.1. The van der Waals surface area contributed by atoms with Crippen LogP contribution >= 0.6 is 0 Å². The Morgan fingerprint density at radius 1 is 1.13 bits per heavy atom. The number of alkyl halides is 5. The Balaban J connectivity index is 2.49. The molecule has 1 fully saturated rings. The van der Waals surface area contributed by atoms with E-state index in [1.54, 1.807) is 0 Å². The second-order valence-electron chi connectivity index (χ2n) is 3.84. The smallest absolute Gasteiger partial charge is 0.310 e. The highest BCUT2D eigenvalue weighted by Crippen LogP contribution is 2.41. The molecule has 0 aromatic rings. The number of hydrogen-bond donors (Lipinski definition) is 0. The van der Waals surface area contributed by atoms with Crippen molar-refractivity contribution < 1.29 is 26.7 Å². The molecular weight excluding hydrogens is 219 g/mol. The predicted molar refractivity (Wildman–Crippen MR) is 43.5 cm³/mol. The van der Waals surface area contributed by atoms with E-state index in [-0.39, 0.29) is 12.3 Å². The molecule has 0 amide bonds. The Labute approximate surface area is 84.6 Å². The molecule has 1 aliphatic rings. The fraction of sp³-hybridized carbons (Fsp3) is 1.00. The molecule has 0 spiro atoms. The van der Waals surface area contributed by atoms with Crippen molar-refractivity contribution in [1.29, 1.82) is 0 Å². The lowest BCUT2D eigenvalue weighted by Crippen LogP contribution is -2.41. The zero-order chi connectivity index (χ0) is 11.7. The molecule has 90 valence electrons. The molecule has 1 aliphatic carbocycles. The Morgan fingerprint density at radius 2 is 1.73 bits per heavy atom. The fourth-order valence-electron chi connectivity index (χ4n) is 1.78. The first-order chi connectivity index (χ1) is 6.76.